The van der Waals surface area contributed by atoms with Crippen molar-refractivity contribution in [3.05, 3.63) is 48.6 Å². The van der Waals surface area contributed by atoms with Gasteiger partial charge in [-0.1, -0.05) is 249 Å². The molecule has 1 atom stereocenters. The zero-order valence-electron chi connectivity index (χ0n) is 44.7. The van der Waals surface area contributed by atoms with E-state index >= 15 is 0 Å². The summed E-state index contributed by atoms with van der Waals surface area (Å²) in [6, 6.07) is 0. The Bertz CT molecular complexity index is 1170. The highest BCUT2D eigenvalue weighted by Gasteiger charge is 2.19. The van der Waals surface area contributed by atoms with Crippen molar-refractivity contribution in [2.45, 2.75) is 309 Å². The summed E-state index contributed by atoms with van der Waals surface area (Å²) in [4.78, 5) is 38.2. The molecule has 6 nitrogen and oxygen atoms in total. The van der Waals surface area contributed by atoms with Gasteiger partial charge in [-0.2, -0.15) is 0 Å². The van der Waals surface area contributed by atoms with Crippen molar-refractivity contribution in [1.82, 2.24) is 0 Å². The molecular formula is C61H110O6. The zero-order valence-corrected chi connectivity index (χ0v) is 44.7. The van der Waals surface area contributed by atoms with Crippen LogP contribution >= 0.6 is 0 Å². The number of ether oxygens (including phenoxy) is 3. The number of rotatable bonds is 53. The molecule has 6 heteroatoms. The van der Waals surface area contributed by atoms with Gasteiger partial charge in [0.25, 0.3) is 0 Å². The van der Waals surface area contributed by atoms with Crippen LogP contribution in [0.1, 0.15) is 303 Å². The highest BCUT2D eigenvalue weighted by Crippen LogP contribution is 2.16. The molecule has 0 spiro atoms. The summed E-state index contributed by atoms with van der Waals surface area (Å²) in [7, 11) is 0. The van der Waals surface area contributed by atoms with Gasteiger partial charge in [-0.05, 0) is 83.5 Å². The van der Waals surface area contributed by atoms with Crippen molar-refractivity contribution in [3.63, 3.8) is 0 Å². The van der Waals surface area contributed by atoms with E-state index in [9.17, 15) is 14.4 Å². The average molecular weight is 940 g/mol. The van der Waals surface area contributed by atoms with E-state index in [1.165, 1.54) is 186 Å². The second kappa shape index (κ2) is 56.0. The molecule has 67 heavy (non-hydrogen) atoms. The van der Waals surface area contributed by atoms with Crippen molar-refractivity contribution < 1.29 is 28.6 Å². The molecule has 0 N–H and O–H groups in total. The SMILES string of the molecule is CCCCC/C=C/C/C=C/CCCCCCCCCCCC(=O)OC[C@@H](COC(=O)CCCCCCCCCCCCCCC)OC(=O)CCCCCCCCC/C=C/C/C=C/CCCCC. The van der Waals surface area contributed by atoms with Gasteiger partial charge in [-0.15, -0.1) is 0 Å². The Morgan fingerprint density at radius 1 is 0.299 bits per heavy atom. The number of allylic oxidation sites excluding steroid dienone is 8. The third-order valence-electron chi connectivity index (χ3n) is 12.8. The van der Waals surface area contributed by atoms with Crippen LogP contribution in [-0.2, 0) is 28.6 Å². The van der Waals surface area contributed by atoms with Gasteiger partial charge in [0.2, 0.25) is 0 Å². The molecule has 0 unspecified atom stereocenters. The van der Waals surface area contributed by atoms with Crippen molar-refractivity contribution >= 4 is 17.9 Å². The van der Waals surface area contributed by atoms with Crippen LogP contribution in [0.15, 0.2) is 48.6 Å². The lowest BCUT2D eigenvalue weighted by Crippen LogP contribution is -2.30. The van der Waals surface area contributed by atoms with E-state index in [1.807, 2.05) is 0 Å². The molecule has 0 aromatic carbocycles. The molecule has 0 aromatic rings. The number of esters is 3. The van der Waals surface area contributed by atoms with Crippen LogP contribution < -0.4 is 0 Å². The van der Waals surface area contributed by atoms with Crippen molar-refractivity contribution in [3.8, 4) is 0 Å². The summed E-state index contributed by atoms with van der Waals surface area (Å²) in [5.41, 5.74) is 0. The predicted molar refractivity (Wildman–Crippen MR) is 289 cm³/mol. The molecule has 390 valence electrons. The first-order valence-electron chi connectivity index (χ1n) is 29.1. The van der Waals surface area contributed by atoms with Crippen LogP contribution in [0.2, 0.25) is 0 Å². The molecular weight excluding hydrogens is 829 g/mol. The summed E-state index contributed by atoms with van der Waals surface area (Å²) in [5.74, 6) is -0.872. The fourth-order valence-corrected chi connectivity index (χ4v) is 8.39. The van der Waals surface area contributed by atoms with E-state index in [4.69, 9.17) is 14.2 Å². The van der Waals surface area contributed by atoms with Gasteiger partial charge >= 0.3 is 17.9 Å². The molecule has 0 amide bonds. The lowest BCUT2D eigenvalue weighted by molar-refractivity contribution is -0.167. The van der Waals surface area contributed by atoms with Gasteiger partial charge in [0.1, 0.15) is 13.2 Å². The van der Waals surface area contributed by atoms with Crippen LogP contribution in [0.25, 0.3) is 0 Å². The first kappa shape index (κ1) is 64.4. The lowest BCUT2D eigenvalue weighted by Gasteiger charge is -2.18. The van der Waals surface area contributed by atoms with Gasteiger partial charge in [0.05, 0.1) is 0 Å². The Morgan fingerprint density at radius 3 is 0.851 bits per heavy atom. The standard InChI is InChI=1S/C61H110O6/c1-4-7-10-13-16-19-22-25-27-29-30-32-33-36-39-42-45-48-51-54-60(63)66-57-58(56-65-59(62)53-50-47-44-41-38-35-24-21-18-15-12-9-6-3)67-61(64)55-52-49-46-43-40-37-34-31-28-26-23-20-17-14-11-8-5-2/h16-17,19-20,25-28,58H,4-15,18,21-24,29-57H2,1-3H3/b19-16+,20-17+,27-25+,28-26+/t58-/m1/s1. The molecule has 0 aromatic heterocycles. The molecule has 0 radical (unpaired) electrons. The lowest BCUT2D eigenvalue weighted by atomic mass is 10.0. The largest absolute Gasteiger partial charge is 0.462 e. The zero-order chi connectivity index (χ0) is 48.6. The van der Waals surface area contributed by atoms with Crippen molar-refractivity contribution in [1.29, 1.82) is 0 Å². The third kappa shape index (κ3) is 54.2. The predicted octanol–water partition coefficient (Wildman–Crippen LogP) is 19.4. The maximum atomic E-state index is 12.9. The van der Waals surface area contributed by atoms with Crippen LogP contribution in [0.5, 0.6) is 0 Å². The van der Waals surface area contributed by atoms with Crippen molar-refractivity contribution in [2.75, 3.05) is 13.2 Å². The minimum Gasteiger partial charge on any atom is -0.462 e. The molecule has 0 aliphatic rings. The van der Waals surface area contributed by atoms with Crippen LogP contribution in [0, 0.1) is 0 Å². The van der Waals surface area contributed by atoms with Gasteiger partial charge < -0.3 is 14.2 Å². The highest BCUT2D eigenvalue weighted by atomic mass is 16.6. The van der Waals surface area contributed by atoms with Crippen LogP contribution in [0.4, 0.5) is 0 Å². The van der Waals surface area contributed by atoms with E-state index < -0.39 is 6.10 Å². The summed E-state index contributed by atoms with van der Waals surface area (Å²) in [5, 5.41) is 0. The topological polar surface area (TPSA) is 78.9 Å². The molecule has 0 rings (SSSR count). The van der Waals surface area contributed by atoms with E-state index in [-0.39, 0.29) is 31.1 Å². The van der Waals surface area contributed by atoms with Gasteiger partial charge in [-0.3, -0.25) is 14.4 Å². The number of carbonyl (C=O) groups is 3. The fourth-order valence-electron chi connectivity index (χ4n) is 8.39. The summed E-state index contributed by atoms with van der Waals surface area (Å²) in [6.45, 7) is 6.61. The van der Waals surface area contributed by atoms with E-state index in [0.29, 0.717) is 19.3 Å². The first-order chi connectivity index (χ1) is 33.0. The molecule has 0 aliphatic carbocycles. The Labute approximate surface area is 416 Å². The average Bonchev–Trinajstić information content (AvgIpc) is 3.33. The van der Waals surface area contributed by atoms with Crippen molar-refractivity contribution in [2.24, 2.45) is 0 Å². The molecule has 0 saturated carbocycles. The summed E-state index contributed by atoms with van der Waals surface area (Å²) in [6.07, 6.45) is 68.1. The second-order valence-corrected chi connectivity index (χ2v) is 19.6. The van der Waals surface area contributed by atoms with E-state index in [2.05, 4.69) is 69.4 Å². The number of hydrogen-bond acceptors (Lipinski definition) is 6. The van der Waals surface area contributed by atoms with Gasteiger partial charge in [0, 0.05) is 19.3 Å². The highest BCUT2D eigenvalue weighted by molar-refractivity contribution is 5.71. The number of unbranched alkanes of at least 4 members (excludes halogenated alkanes) is 34. The quantitative estimate of drug-likeness (QED) is 0.0262. The summed E-state index contributed by atoms with van der Waals surface area (Å²) >= 11 is 0. The molecule has 0 heterocycles. The maximum absolute atomic E-state index is 12.9. The smallest absolute Gasteiger partial charge is 0.306 e. The van der Waals surface area contributed by atoms with Gasteiger partial charge in [-0.25, -0.2) is 0 Å². The Balaban J connectivity index is 4.35. The van der Waals surface area contributed by atoms with Crippen LogP contribution in [0.3, 0.4) is 0 Å². The molecule has 0 bridgehead atoms. The summed E-state index contributed by atoms with van der Waals surface area (Å²) < 4.78 is 16.9. The fraction of sp³-hybridized carbons (Fsp3) is 0.820. The minimum absolute atomic E-state index is 0.0746. The minimum atomic E-state index is -0.777. The van der Waals surface area contributed by atoms with Crippen LogP contribution in [-0.4, -0.2) is 37.2 Å². The molecule has 0 aliphatic heterocycles. The Morgan fingerprint density at radius 2 is 0.537 bits per heavy atom. The van der Waals surface area contributed by atoms with E-state index in [0.717, 1.165) is 77.0 Å². The molecule has 0 saturated heterocycles. The van der Waals surface area contributed by atoms with E-state index in [1.54, 1.807) is 0 Å². The Hall–Kier alpha value is -2.63. The Kier molecular flexibility index (Phi) is 53.8. The number of hydrogen-bond donors (Lipinski definition) is 0. The van der Waals surface area contributed by atoms with Gasteiger partial charge in [0.15, 0.2) is 6.10 Å². The first-order valence-corrected chi connectivity index (χ1v) is 29.1. The normalized spacial score (nSPS) is 12.3. The monoisotopic (exact) mass is 939 g/mol. The number of carbonyl (C=O) groups excluding carboxylic acids is 3. The second-order valence-electron chi connectivity index (χ2n) is 19.6. The third-order valence-corrected chi connectivity index (χ3v) is 12.8. The maximum Gasteiger partial charge on any atom is 0.306 e. The molecule has 0 fully saturated rings.